The quantitative estimate of drug-likeness (QED) is 0.155. The van der Waals surface area contributed by atoms with Crippen molar-refractivity contribution in [1.82, 2.24) is 4.57 Å². The molecular weight excluding hydrogens is 817 g/mol. The second kappa shape index (κ2) is 15.1. The number of benzene rings is 10. The fourth-order valence-corrected chi connectivity index (χ4v) is 11.8. The Morgan fingerprint density at radius 2 is 0.833 bits per heavy atom. The predicted octanol–water partition coefficient (Wildman–Crippen LogP) is 17.9. The number of nitrogens with zero attached hydrogens (tertiary/aromatic N) is 2. The monoisotopic (exact) mass is 860 g/mol. The molecule has 312 valence electrons. The number of para-hydroxylation sites is 3. The summed E-state index contributed by atoms with van der Waals surface area (Å²) in [4.78, 5) is 2.40. The third kappa shape index (κ3) is 6.08. The largest absolute Gasteiger partial charge is 0.310 e. The normalized spacial score (nSPS) is 12.8. The molecule has 2 aromatic heterocycles. The summed E-state index contributed by atoms with van der Waals surface area (Å²) in [6, 6.07) is 85.0. The number of hydrogen-bond acceptors (Lipinski definition) is 2. The van der Waals surface area contributed by atoms with Crippen LogP contribution in [0.4, 0.5) is 17.1 Å². The summed E-state index contributed by atoms with van der Waals surface area (Å²) in [6.07, 6.45) is 0. The zero-order chi connectivity index (χ0) is 43.9. The fourth-order valence-electron chi connectivity index (χ4n) is 10.7. The topological polar surface area (TPSA) is 8.17 Å². The van der Waals surface area contributed by atoms with Gasteiger partial charge in [0.2, 0.25) is 0 Å². The molecule has 12 aromatic rings. The molecule has 0 radical (unpaired) electrons. The third-order valence-electron chi connectivity index (χ3n) is 14.0. The van der Waals surface area contributed by atoms with E-state index in [-0.39, 0.29) is 5.41 Å². The van der Waals surface area contributed by atoms with Crippen LogP contribution in [0.2, 0.25) is 0 Å². The van der Waals surface area contributed by atoms with E-state index in [1.54, 1.807) is 0 Å². The maximum Gasteiger partial charge on any atom is 0.0541 e. The van der Waals surface area contributed by atoms with Gasteiger partial charge in [0.15, 0.2) is 0 Å². The Hall–Kier alpha value is -7.98. The molecule has 0 bridgehead atoms. The Morgan fingerprint density at radius 3 is 1.53 bits per heavy atom. The minimum atomic E-state index is -0.0445. The van der Waals surface area contributed by atoms with Crippen LogP contribution < -0.4 is 4.90 Å². The van der Waals surface area contributed by atoms with Crippen molar-refractivity contribution in [1.29, 1.82) is 0 Å². The van der Waals surface area contributed by atoms with Gasteiger partial charge in [0.1, 0.15) is 0 Å². The second-order valence-electron chi connectivity index (χ2n) is 18.1. The first-order valence-corrected chi connectivity index (χ1v) is 23.6. The van der Waals surface area contributed by atoms with E-state index < -0.39 is 0 Å². The van der Waals surface area contributed by atoms with Gasteiger partial charge >= 0.3 is 0 Å². The Morgan fingerprint density at radius 1 is 0.348 bits per heavy atom. The van der Waals surface area contributed by atoms with Crippen LogP contribution in [0.15, 0.2) is 231 Å². The van der Waals surface area contributed by atoms with Gasteiger partial charge in [-0.3, -0.25) is 0 Å². The molecule has 10 aromatic carbocycles. The second-order valence-corrected chi connectivity index (χ2v) is 19.2. The molecule has 0 atom stereocenters. The van der Waals surface area contributed by atoms with Gasteiger partial charge in [-0.05, 0) is 123 Å². The van der Waals surface area contributed by atoms with Gasteiger partial charge in [-0.2, -0.15) is 0 Å². The molecule has 1 aliphatic rings. The molecular formula is C63H44N2S. The maximum absolute atomic E-state index is 2.41. The smallest absolute Gasteiger partial charge is 0.0541 e. The van der Waals surface area contributed by atoms with E-state index in [0.717, 1.165) is 17.1 Å². The van der Waals surface area contributed by atoms with E-state index in [1.165, 1.54) is 103 Å². The van der Waals surface area contributed by atoms with Crippen molar-refractivity contribution < 1.29 is 0 Å². The van der Waals surface area contributed by atoms with E-state index in [1.807, 2.05) is 11.3 Å². The Bertz CT molecular complexity index is 3780. The van der Waals surface area contributed by atoms with Crippen molar-refractivity contribution in [2.45, 2.75) is 19.3 Å². The highest BCUT2D eigenvalue weighted by Gasteiger charge is 2.35. The number of aromatic nitrogens is 1. The van der Waals surface area contributed by atoms with Gasteiger partial charge in [-0.1, -0.05) is 172 Å². The number of hydrogen-bond donors (Lipinski definition) is 0. The zero-order valence-corrected chi connectivity index (χ0v) is 37.6. The van der Waals surface area contributed by atoms with Gasteiger partial charge in [0.05, 0.1) is 16.7 Å². The lowest BCUT2D eigenvalue weighted by molar-refractivity contribution is 0.660. The van der Waals surface area contributed by atoms with E-state index in [4.69, 9.17) is 0 Å². The van der Waals surface area contributed by atoms with E-state index >= 15 is 0 Å². The molecule has 2 heterocycles. The van der Waals surface area contributed by atoms with Crippen molar-refractivity contribution in [2.24, 2.45) is 0 Å². The van der Waals surface area contributed by atoms with Crippen molar-refractivity contribution >= 4 is 70.4 Å². The Balaban J connectivity index is 0.851. The molecule has 13 rings (SSSR count). The third-order valence-corrected chi connectivity index (χ3v) is 15.2. The molecule has 66 heavy (non-hydrogen) atoms. The first-order chi connectivity index (χ1) is 32.5. The summed E-state index contributed by atoms with van der Waals surface area (Å²) in [5, 5.41) is 5.12. The summed E-state index contributed by atoms with van der Waals surface area (Å²) in [5.41, 5.74) is 19.6. The summed E-state index contributed by atoms with van der Waals surface area (Å²) in [5.74, 6) is 0. The molecule has 0 saturated carbocycles. The average molecular weight is 861 g/mol. The molecule has 3 heteroatoms. The van der Waals surface area contributed by atoms with Gasteiger partial charge in [0.25, 0.3) is 0 Å². The molecule has 1 aliphatic carbocycles. The van der Waals surface area contributed by atoms with Crippen LogP contribution >= 0.6 is 11.3 Å². The number of rotatable bonds is 7. The maximum atomic E-state index is 2.41. The first kappa shape index (κ1) is 38.5. The van der Waals surface area contributed by atoms with E-state index in [0.29, 0.717) is 0 Å². The highest BCUT2D eigenvalue weighted by Crippen LogP contribution is 2.50. The van der Waals surface area contributed by atoms with E-state index in [2.05, 4.69) is 254 Å². The average Bonchev–Trinajstić information content (AvgIpc) is 3.99. The molecule has 0 amide bonds. The van der Waals surface area contributed by atoms with Crippen LogP contribution in [-0.2, 0) is 5.41 Å². The van der Waals surface area contributed by atoms with Crippen LogP contribution in [0, 0.1) is 0 Å². The lowest BCUT2D eigenvalue weighted by atomic mass is 9.81. The molecule has 0 aliphatic heterocycles. The minimum Gasteiger partial charge on any atom is -0.310 e. The van der Waals surface area contributed by atoms with Crippen LogP contribution in [0.3, 0.4) is 0 Å². The molecule has 0 fully saturated rings. The number of fused-ring (bicyclic) bond motifs is 9. The SMILES string of the molecule is CC1(C)c2ccccc2-c2ccc(-c3ccc(N(c4ccc(-c5ccc(-c6ccccc6-n6c7ccccc7c7ccccc76)cc5)cc4)c4ccc5sc6ccccc6c5c4)cc3)cc21. The standard InChI is InChI=1S/C63H44N2S/c1-63(2)56-18-8-3-14-50(56)51-37-31-45(39-57(51)63)43-29-34-47(35-30-43)64(48-36-38-62-55(40-48)54-17-7-12-22-61(54)66-62)46-32-27-42(28-33-46)41-23-25-44(26-24-41)49-13-4-9-19-58(49)65-59-20-10-5-15-52(59)53-16-6-11-21-60(53)65/h3-40H,1-2H3. The molecule has 0 saturated heterocycles. The van der Waals surface area contributed by atoms with Crippen LogP contribution in [0.1, 0.15) is 25.0 Å². The zero-order valence-electron chi connectivity index (χ0n) is 36.7. The molecule has 0 spiro atoms. The van der Waals surface area contributed by atoms with Gasteiger partial charge in [-0.15, -0.1) is 11.3 Å². The summed E-state index contributed by atoms with van der Waals surface area (Å²) < 4.78 is 5.03. The van der Waals surface area contributed by atoms with Crippen molar-refractivity contribution in [3.8, 4) is 50.2 Å². The van der Waals surface area contributed by atoms with Crippen LogP contribution in [0.25, 0.3) is 92.2 Å². The Labute approximate surface area is 388 Å². The van der Waals surface area contributed by atoms with Crippen LogP contribution in [-0.4, -0.2) is 4.57 Å². The van der Waals surface area contributed by atoms with Crippen LogP contribution in [0.5, 0.6) is 0 Å². The van der Waals surface area contributed by atoms with Gasteiger partial charge in [0, 0.05) is 59.0 Å². The molecule has 0 N–H and O–H groups in total. The highest BCUT2D eigenvalue weighted by molar-refractivity contribution is 7.25. The predicted molar refractivity (Wildman–Crippen MR) is 282 cm³/mol. The number of thiophene rings is 1. The lowest BCUT2D eigenvalue weighted by Gasteiger charge is -2.26. The Kier molecular flexibility index (Phi) is 8.78. The number of anilines is 3. The molecule has 0 unspecified atom stereocenters. The lowest BCUT2D eigenvalue weighted by Crippen LogP contribution is -2.14. The summed E-state index contributed by atoms with van der Waals surface area (Å²) in [7, 11) is 0. The van der Waals surface area contributed by atoms with Crippen molar-refractivity contribution in [3.63, 3.8) is 0 Å². The molecule has 2 nitrogen and oxygen atoms in total. The summed E-state index contributed by atoms with van der Waals surface area (Å²) in [6.45, 7) is 4.70. The van der Waals surface area contributed by atoms with Crippen molar-refractivity contribution in [3.05, 3.63) is 242 Å². The minimum absolute atomic E-state index is 0.0445. The highest BCUT2D eigenvalue weighted by atomic mass is 32.1. The van der Waals surface area contributed by atoms with Gasteiger partial charge < -0.3 is 9.47 Å². The summed E-state index contributed by atoms with van der Waals surface area (Å²) >= 11 is 1.86. The fraction of sp³-hybridized carbons (Fsp3) is 0.0476. The first-order valence-electron chi connectivity index (χ1n) is 22.8. The van der Waals surface area contributed by atoms with Crippen molar-refractivity contribution in [2.75, 3.05) is 4.90 Å². The van der Waals surface area contributed by atoms with E-state index in [9.17, 15) is 0 Å². The van der Waals surface area contributed by atoms with Gasteiger partial charge in [-0.25, -0.2) is 0 Å².